The Bertz CT molecular complexity index is 768. The zero-order chi connectivity index (χ0) is 19.4. The molecule has 2 amide bonds. The van der Waals surface area contributed by atoms with Crippen molar-refractivity contribution < 1.29 is 14.3 Å². The number of carbonyl (C=O) groups is 2. The molecule has 1 N–H and O–H groups in total. The normalized spacial score (nSPS) is 14.9. The molecule has 1 fully saturated rings. The Hall–Kier alpha value is -2.76. The topological polar surface area (TPSA) is 65.6 Å². The lowest BCUT2D eigenvalue weighted by molar-refractivity contribution is -0.131. The molecule has 1 aliphatic rings. The number of ether oxygens (including phenoxy) is 1. The number of rotatable bonds is 4. The molecule has 1 aromatic carbocycles. The minimum atomic E-state index is -0.269. The summed E-state index contributed by atoms with van der Waals surface area (Å²) in [6, 6.07) is 9.16. The summed E-state index contributed by atoms with van der Waals surface area (Å²) in [5, 5.41) is 0. The van der Waals surface area contributed by atoms with Gasteiger partial charge in [-0.05, 0) is 56.7 Å². The van der Waals surface area contributed by atoms with Gasteiger partial charge in [-0.1, -0.05) is 0 Å². The predicted octanol–water partition coefficient (Wildman–Crippen LogP) is 2.72. The first-order chi connectivity index (χ1) is 12.8. The zero-order valence-electron chi connectivity index (χ0n) is 16.2. The second-order valence-corrected chi connectivity index (χ2v) is 7.81. The molecule has 1 aromatic heterocycles. The maximum absolute atomic E-state index is 12.7. The van der Waals surface area contributed by atoms with Crippen LogP contribution in [0.4, 0.5) is 0 Å². The van der Waals surface area contributed by atoms with Crippen LogP contribution in [0.1, 0.15) is 36.7 Å². The molecule has 6 heteroatoms. The van der Waals surface area contributed by atoms with Gasteiger partial charge >= 0.3 is 0 Å². The van der Waals surface area contributed by atoms with E-state index in [1.54, 1.807) is 17.0 Å². The van der Waals surface area contributed by atoms with Gasteiger partial charge in [-0.2, -0.15) is 0 Å². The predicted molar refractivity (Wildman–Crippen MR) is 104 cm³/mol. The van der Waals surface area contributed by atoms with Crippen molar-refractivity contribution in [1.29, 1.82) is 0 Å². The van der Waals surface area contributed by atoms with Crippen molar-refractivity contribution in [1.82, 2.24) is 14.8 Å². The quantitative estimate of drug-likeness (QED) is 0.901. The maximum atomic E-state index is 12.7. The number of nitrogens with one attached hydrogen (secondary N) is 1. The third-order valence-corrected chi connectivity index (χ3v) is 4.46. The van der Waals surface area contributed by atoms with Gasteiger partial charge in [0, 0.05) is 44.1 Å². The van der Waals surface area contributed by atoms with Gasteiger partial charge in [-0.3, -0.25) is 9.59 Å². The fourth-order valence-electron chi connectivity index (χ4n) is 3.12. The van der Waals surface area contributed by atoms with Crippen LogP contribution in [0, 0.1) is 0 Å². The minimum absolute atomic E-state index is 0.00459. The molecule has 0 unspecified atom stereocenters. The number of hydrogen-bond acceptors (Lipinski definition) is 3. The number of H-pyrrole nitrogens is 1. The summed E-state index contributed by atoms with van der Waals surface area (Å²) < 4.78 is 5.79. The molecule has 144 valence electrons. The van der Waals surface area contributed by atoms with Crippen molar-refractivity contribution in [3.63, 3.8) is 0 Å². The molecule has 0 spiro atoms. The monoisotopic (exact) mass is 369 g/mol. The molecule has 0 saturated carbocycles. The highest BCUT2D eigenvalue weighted by Gasteiger charge is 2.25. The van der Waals surface area contributed by atoms with Gasteiger partial charge in [-0.25, -0.2) is 0 Å². The number of piperazine rings is 1. The van der Waals surface area contributed by atoms with Crippen molar-refractivity contribution in [2.45, 2.75) is 32.8 Å². The fraction of sp³-hybridized carbons (Fsp3) is 0.429. The van der Waals surface area contributed by atoms with Crippen LogP contribution in [-0.2, 0) is 11.2 Å². The summed E-state index contributed by atoms with van der Waals surface area (Å²) in [6.07, 6.45) is 4.05. The van der Waals surface area contributed by atoms with E-state index in [0.29, 0.717) is 38.2 Å². The first-order valence-electron chi connectivity index (χ1n) is 9.30. The molecule has 0 atom stereocenters. The number of benzene rings is 1. The summed E-state index contributed by atoms with van der Waals surface area (Å²) in [7, 11) is 0. The van der Waals surface area contributed by atoms with E-state index in [4.69, 9.17) is 4.74 Å². The van der Waals surface area contributed by atoms with Crippen molar-refractivity contribution >= 4 is 11.8 Å². The summed E-state index contributed by atoms with van der Waals surface area (Å²) in [5.41, 5.74) is 1.36. The second-order valence-electron chi connectivity index (χ2n) is 7.81. The minimum Gasteiger partial charge on any atom is -0.488 e. The lowest BCUT2D eigenvalue weighted by Gasteiger charge is -2.35. The van der Waals surface area contributed by atoms with Gasteiger partial charge in [0.1, 0.15) is 11.4 Å². The maximum Gasteiger partial charge on any atom is 0.253 e. The molecule has 1 aliphatic heterocycles. The van der Waals surface area contributed by atoms with E-state index in [1.807, 2.05) is 56.3 Å². The molecule has 27 heavy (non-hydrogen) atoms. The largest absolute Gasteiger partial charge is 0.488 e. The third kappa shape index (κ3) is 5.12. The van der Waals surface area contributed by atoms with Crippen LogP contribution in [0.15, 0.2) is 42.7 Å². The molecule has 2 heterocycles. The Kier molecular flexibility index (Phi) is 5.54. The van der Waals surface area contributed by atoms with Crippen LogP contribution >= 0.6 is 0 Å². The fourth-order valence-corrected chi connectivity index (χ4v) is 3.12. The highest BCUT2D eigenvalue weighted by molar-refractivity contribution is 5.94. The zero-order valence-corrected chi connectivity index (χ0v) is 16.2. The number of amides is 2. The lowest BCUT2D eigenvalue weighted by Crippen LogP contribution is -2.51. The van der Waals surface area contributed by atoms with E-state index < -0.39 is 0 Å². The first kappa shape index (κ1) is 19.0. The van der Waals surface area contributed by atoms with E-state index in [9.17, 15) is 9.59 Å². The molecule has 6 nitrogen and oxygen atoms in total. The number of carbonyl (C=O) groups excluding carboxylic acids is 2. The highest BCUT2D eigenvalue weighted by atomic mass is 16.5. The van der Waals surface area contributed by atoms with Crippen LogP contribution in [0.5, 0.6) is 5.75 Å². The Labute approximate surface area is 160 Å². The van der Waals surface area contributed by atoms with E-state index in [1.165, 1.54) is 0 Å². The lowest BCUT2D eigenvalue weighted by atomic mass is 10.1. The van der Waals surface area contributed by atoms with Gasteiger partial charge < -0.3 is 19.5 Å². The molecule has 0 radical (unpaired) electrons. The number of aromatic nitrogens is 1. The Morgan fingerprint density at radius 3 is 2.19 bits per heavy atom. The van der Waals surface area contributed by atoms with Crippen LogP contribution < -0.4 is 4.74 Å². The molecule has 0 aliphatic carbocycles. The smallest absolute Gasteiger partial charge is 0.253 e. The van der Waals surface area contributed by atoms with Crippen LogP contribution in [0.25, 0.3) is 0 Å². The number of aromatic amines is 1. The van der Waals surface area contributed by atoms with Gasteiger partial charge in [-0.15, -0.1) is 0 Å². The Balaban J connectivity index is 1.53. The second kappa shape index (κ2) is 7.86. The standard InChI is InChI=1S/C21H27N3O3/c1-21(2,3)27-18-6-4-17(5-7-18)20(26)24-12-10-23(11-13-24)19(25)14-16-8-9-22-15-16/h4-9,15,22H,10-14H2,1-3H3. The Morgan fingerprint density at radius 2 is 1.63 bits per heavy atom. The van der Waals surface area contributed by atoms with Crippen molar-refractivity contribution in [3.8, 4) is 5.75 Å². The molecular formula is C21H27N3O3. The third-order valence-electron chi connectivity index (χ3n) is 4.46. The van der Waals surface area contributed by atoms with E-state index in [0.717, 1.165) is 11.3 Å². The number of nitrogens with zero attached hydrogens (tertiary/aromatic N) is 2. The average Bonchev–Trinajstić information content (AvgIpc) is 3.13. The van der Waals surface area contributed by atoms with Crippen molar-refractivity contribution in [2.24, 2.45) is 0 Å². The van der Waals surface area contributed by atoms with E-state index in [-0.39, 0.29) is 17.4 Å². The summed E-state index contributed by atoms with van der Waals surface area (Å²) in [6.45, 7) is 8.21. The van der Waals surface area contributed by atoms with E-state index >= 15 is 0 Å². The molecule has 1 saturated heterocycles. The van der Waals surface area contributed by atoms with Crippen LogP contribution in [0.2, 0.25) is 0 Å². The van der Waals surface area contributed by atoms with Crippen LogP contribution in [0.3, 0.4) is 0 Å². The van der Waals surface area contributed by atoms with E-state index in [2.05, 4.69) is 4.98 Å². The van der Waals surface area contributed by atoms with Crippen molar-refractivity contribution in [2.75, 3.05) is 26.2 Å². The summed E-state index contributed by atoms with van der Waals surface area (Å²) in [5.74, 6) is 0.847. The average molecular weight is 369 g/mol. The summed E-state index contributed by atoms with van der Waals surface area (Å²) in [4.78, 5) is 31.7. The Morgan fingerprint density at radius 1 is 1.00 bits per heavy atom. The SMILES string of the molecule is CC(C)(C)Oc1ccc(C(=O)N2CCN(C(=O)Cc3cc[nH]c3)CC2)cc1. The van der Waals surface area contributed by atoms with Gasteiger partial charge in [0.2, 0.25) is 5.91 Å². The van der Waals surface area contributed by atoms with Gasteiger partial charge in [0.15, 0.2) is 0 Å². The van der Waals surface area contributed by atoms with Crippen molar-refractivity contribution in [3.05, 3.63) is 53.9 Å². The molecule has 0 bridgehead atoms. The molecule has 2 aromatic rings. The first-order valence-corrected chi connectivity index (χ1v) is 9.30. The van der Waals surface area contributed by atoms with Crippen LogP contribution in [-0.4, -0.2) is 58.4 Å². The molecular weight excluding hydrogens is 342 g/mol. The summed E-state index contributed by atoms with van der Waals surface area (Å²) >= 11 is 0. The number of hydrogen-bond donors (Lipinski definition) is 1. The van der Waals surface area contributed by atoms with Gasteiger partial charge in [0.05, 0.1) is 6.42 Å². The highest BCUT2D eigenvalue weighted by Crippen LogP contribution is 2.19. The molecule has 3 rings (SSSR count). The van der Waals surface area contributed by atoms with Gasteiger partial charge in [0.25, 0.3) is 5.91 Å².